The molecule has 0 fully saturated rings. The van der Waals surface area contributed by atoms with Crippen LogP contribution in [0.3, 0.4) is 0 Å². The van der Waals surface area contributed by atoms with E-state index in [0.717, 1.165) is 5.56 Å². The van der Waals surface area contributed by atoms with Gasteiger partial charge in [0.2, 0.25) is 5.89 Å². The summed E-state index contributed by atoms with van der Waals surface area (Å²) in [5.41, 5.74) is 0.534. The molecule has 1 N–H and O–H groups in total. The molecule has 0 unspecified atom stereocenters. The summed E-state index contributed by atoms with van der Waals surface area (Å²) in [7, 11) is 0. The van der Waals surface area contributed by atoms with Gasteiger partial charge in [-0.05, 0) is 44.4 Å². The lowest BCUT2D eigenvalue weighted by Crippen LogP contribution is -2.37. The van der Waals surface area contributed by atoms with Gasteiger partial charge in [-0.25, -0.2) is 4.79 Å². The molecule has 1 aromatic heterocycles. The molecule has 0 spiro atoms. The average Bonchev–Trinajstić information content (AvgIpc) is 2.98. The average molecular weight is 398 g/mol. The van der Waals surface area contributed by atoms with E-state index in [0.29, 0.717) is 21.9 Å². The molecule has 0 aliphatic heterocycles. The van der Waals surface area contributed by atoms with E-state index in [2.05, 4.69) is 15.5 Å². The highest BCUT2D eigenvalue weighted by atomic mass is 35.5. The summed E-state index contributed by atoms with van der Waals surface area (Å²) >= 11 is 7.32. The van der Waals surface area contributed by atoms with Gasteiger partial charge in [-0.3, -0.25) is 0 Å². The summed E-state index contributed by atoms with van der Waals surface area (Å²) in [5.74, 6) is 1.12. The molecule has 2 rings (SSSR count). The van der Waals surface area contributed by atoms with Crippen molar-refractivity contribution in [1.29, 1.82) is 0 Å². The number of hydrogen-bond donors (Lipinski definition) is 1. The number of hydrogen-bond acceptors (Lipinski definition) is 6. The van der Waals surface area contributed by atoms with Crippen molar-refractivity contribution in [3.8, 4) is 0 Å². The molecule has 0 saturated carbocycles. The van der Waals surface area contributed by atoms with Gasteiger partial charge in [0.1, 0.15) is 11.6 Å². The standard InChI is InChI=1S/C18H24ClN3O3S/c1-11(2)14(20-16(23)25-18(3,4)5)15-21-22-17(24-15)26-10-12-6-8-13(19)9-7-12/h6-9,11,14H,10H2,1-5H3,(H,20,23)/t14-/m1/s1. The quantitative estimate of drug-likeness (QED) is 0.672. The number of ether oxygens (including phenoxy) is 1. The summed E-state index contributed by atoms with van der Waals surface area (Å²) in [6.45, 7) is 9.37. The Morgan fingerprint density at radius 3 is 2.50 bits per heavy atom. The van der Waals surface area contributed by atoms with Crippen molar-refractivity contribution in [2.45, 2.75) is 57.2 Å². The highest BCUT2D eigenvalue weighted by Crippen LogP contribution is 2.27. The summed E-state index contributed by atoms with van der Waals surface area (Å²) in [6, 6.07) is 7.18. The number of carbonyl (C=O) groups is 1. The predicted molar refractivity (Wildman–Crippen MR) is 102 cm³/mol. The fraction of sp³-hybridized carbons (Fsp3) is 0.500. The van der Waals surface area contributed by atoms with Crippen LogP contribution >= 0.6 is 23.4 Å². The van der Waals surface area contributed by atoms with E-state index < -0.39 is 17.7 Å². The van der Waals surface area contributed by atoms with Crippen LogP contribution < -0.4 is 5.32 Å². The van der Waals surface area contributed by atoms with Crippen LogP contribution in [0.1, 0.15) is 52.1 Å². The third kappa shape index (κ3) is 6.53. The minimum atomic E-state index is -0.569. The molecule has 8 heteroatoms. The maximum absolute atomic E-state index is 12.1. The molecule has 142 valence electrons. The highest BCUT2D eigenvalue weighted by Gasteiger charge is 2.27. The van der Waals surface area contributed by atoms with E-state index in [1.54, 1.807) is 0 Å². The smallest absolute Gasteiger partial charge is 0.408 e. The van der Waals surface area contributed by atoms with Gasteiger partial charge in [0.05, 0.1) is 0 Å². The number of nitrogens with one attached hydrogen (secondary N) is 1. The van der Waals surface area contributed by atoms with Gasteiger partial charge in [0.25, 0.3) is 5.22 Å². The molecule has 2 aromatic rings. The Bertz CT molecular complexity index is 726. The van der Waals surface area contributed by atoms with E-state index in [-0.39, 0.29) is 5.92 Å². The molecule has 0 aliphatic carbocycles. The number of aromatic nitrogens is 2. The van der Waals surface area contributed by atoms with Crippen LogP contribution in [-0.2, 0) is 10.5 Å². The summed E-state index contributed by atoms with van der Waals surface area (Å²) in [5, 5.41) is 12.1. The van der Waals surface area contributed by atoms with E-state index in [1.165, 1.54) is 11.8 Å². The van der Waals surface area contributed by atoms with Crippen LogP contribution in [0.2, 0.25) is 5.02 Å². The SMILES string of the molecule is CC(C)[C@@H](NC(=O)OC(C)(C)C)c1nnc(SCc2ccc(Cl)cc2)o1. The number of benzene rings is 1. The van der Waals surface area contributed by atoms with Gasteiger partial charge in [-0.2, -0.15) is 0 Å². The molecule has 0 aliphatic rings. The second kappa shape index (κ2) is 8.77. The monoisotopic (exact) mass is 397 g/mol. The Hall–Kier alpha value is -1.73. The third-order valence-electron chi connectivity index (χ3n) is 3.30. The third-order valence-corrected chi connectivity index (χ3v) is 4.44. The van der Waals surface area contributed by atoms with Crippen molar-refractivity contribution in [2.75, 3.05) is 0 Å². The Kier molecular flexibility index (Phi) is 6.94. The maximum atomic E-state index is 12.1. The maximum Gasteiger partial charge on any atom is 0.408 e. The molecule has 1 heterocycles. The van der Waals surface area contributed by atoms with E-state index >= 15 is 0 Å². The fourth-order valence-corrected chi connectivity index (χ4v) is 2.93. The topological polar surface area (TPSA) is 77.2 Å². The molecule has 26 heavy (non-hydrogen) atoms. The largest absolute Gasteiger partial charge is 0.444 e. The lowest BCUT2D eigenvalue weighted by molar-refractivity contribution is 0.0477. The molecule has 6 nitrogen and oxygen atoms in total. The Labute approximate surface area is 163 Å². The van der Waals surface area contributed by atoms with Crippen molar-refractivity contribution in [1.82, 2.24) is 15.5 Å². The summed E-state index contributed by atoms with van der Waals surface area (Å²) in [6.07, 6.45) is -0.509. The fourth-order valence-electron chi connectivity index (χ4n) is 2.08. The first-order chi connectivity index (χ1) is 12.1. The normalized spacial score (nSPS) is 12.9. The van der Waals surface area contributed by atoms with Crippen LogP contribution in [0, 0.1) is 5.92 Å². The number of alkyl carbamates (subject to hydrolysis) is 1. The van der Waals surface area contributed by atoms with E-state index in [9.17, 15) is 4.79 Å². The van der Waals surface area contributed by atoms with E-state index in [4.69, 9.17) is 20.8 Å². The van der Waals surface area contributed by atoms with Crippen LogP contribution in [0.25, 0.3) is 0 Å². The number of thioether (sulfide) groups is 1. The van der Waals surface area contributed by atoms with Crippen LogP contribution in [0.15, 0.2) is 33.9 Å². The molecular formula is C18H24ClN3O3S. The van der Waals surface area contributed by atoms with Gasteiger partial charge >= 0.3 is 6.09 Å². The molecule has 0 saturated heterocycles. The Morgan fingerprint density at radius 2 is 1.92 bits per heavy atom. The van der Waals surface area contributed by atoms with Gasteiger partial charge < -0.3 is 14.5 Å². The van der Waals surface area contributed by atoms with Gasteiger partial charge in [-0.15, -0.1) is 10.2 Å². The number of amides is 1. The van der Waals surface area contributed by atoms with Gasteiger partial charge in [0, 0.05) is 10.8 Å². The van der Waals surface area contributed by atoms with Crippen molar-refractivity contribution in [3.63, 3.8) is 0 Å². The number of rotatable bonds is 6. The highest BCUT2D eigenvalue weighted by molar-refractivity contribution is 7.98. The molecular weight excluding hydrogens is 374 g/mol. The number of carbonyl (C=O) groups excluding carboxylic acids is 1. The minimum absolute atomic E-state index is 0.0667. The second-order valence-corrected chi connectivity index (χ2v) is 8.55. The number of nitrogens with zero attached hydrogens (tertiary/aromatic N) is 2. The molecule has 1 atom stereocenters. The minimum Gasteiger partial charge on any atom is -0.444 e. The Morgan fingerprint density at radius 1 is 1.27 bits per heavy atom. The molecule has 0 radical (unpaired) electrons. The zero-order chi connectivity index (χ0) is 19.3. The zero-order valence-corrected chi connectivity index (χ0v) is 17.1. The summed E-state index contributed by atoms with van der Waals surface area (Å²) in [4.78, 5) is 12.1. The van der Waals surface area contributed by atoms with Gasteiger partial charge in [0.15, 0.2) is 0 Å². The first-order valence-corrected chi connectivity index (χ1v) is 9.70. The first kappa shape index (κ1) is 20.6. The van der Waals surface area contributed by atoms with Crippen molar-refractivity contribution in [3.05, 3.63) is 40.7 Å². The van der Waals surface area contributed by atoms with Crippen molar-refractivity contribution in [2.24, 2.45) is 5.92 Å². The van der Waals surface area contributed by atoms with Crippen LogP contribution in [0.5, 0.6) is 0 Å². The second-order valence-electron chi connectivity index (χ2n) is 7.19. The zero-order valence-electron chi connectivity index (χ0n) is 15.6. The molecule has 1 aromatic carbocycles. The lowest BCUT2D eigenvalue weighted by Gasteiger charge is -2.23. The Balaban J connectivity index is 1.99. The lowest BCUT2D eigenvalue weighted by atomic mass is 10.1. The van der Waals surface area contributed by atoms with Gasteiger partial charge in [-0.1, -0.05) is 49.3 Å². The van der Waals surface area contributed by atoms with Crippen molar-refractivity contribution < 1.29 is 13.9 Å². The summed E-state index contributed by atoms with van der Waals surface area (Å²) < 4.78 is 11.0. The van der Waals surface area contributed by atoms with Crippen LogP contribution in [-0.4, -0.2) is 21.9 Å². The van der Waals surface area contributed by atoms with Crippen LogP contribution in [0.4, 0.5) is 4.79 Å². The van der Waals surface area contributed by atoms with Crippen molar-refractivity contribution >= 4 is 29.5 Å². The van der Waals surface area contributed by atoms with E-state index in [1.807, 2.05) is 58.9 Å². The molecule has 1 amide bonds. The predicted octanol–water partition coefficient (Wildman–Crippen LogP) is 5.24. The molecule has 0 bridgehead atoms. The number of halogens is 1. The first-order valence-electron chi connectivity index (χ1n) is 8.34.